The lowest BCUT2D eigenvalue weighted by atomic mass is 10.0. The van der Waals surface area contributed by atoms with E-state index in [1.165, 1.54) is 38.5 Å². The molecule has 1 aromatic carbocycles. The molecule has 105 valence electrons. The van der Waals surface area contributed by atoms with Gasteiger partial charge in [0.25, 0.3) is 0 Å². The van der Waals surface area contributed by atoms with Crippen molar-refractivity contribution >= 4 is 5.97 Å². The number of esters is 1. The number of aryl methyl sites for hydroxylation is 1. The van der Waals surface area contributed by atoms with Gasteiger partial charge in [-0.15, -0.1) is 0 Å². The maximum absolute atomic E-state index is 11.6. The lowest BCUT2D eigenvalue weighted by molar-refractivity contribution is 0.0526. The highest BCUT2D eigenvalue weighted by Crippen LogP contribution is 2.12. The molecule has 0 aromatic heterocycles. The van der Waals surface area contributed by atoms with E-state index >= 15 is 0 Å². The van der Waals surface area contributed by atoms with E-state index in [2.05, 4.69) is 13.0 Å². The van der Waals surface area contributed by atoms with Gasteiger partial charge in [-0.05, 0) is 43.5 Å². The Bertz CT molecular complexity index is 371. The van der Waals surface area contributed by atoms with Crippen LogP contribution >= 0.6 is 0 Å². The molecular formula is C17H25O2. The zero-order valence-corrected chi connectivity index (χ0v) is 12.2. The van der Waals surface area contributed by atoms with Crippen molar-refractivity contribution in [2.75, 3.05) is 6.61 Å². The first-order valence-corrected chi connectivity index (χ1v) is 7.45. The number of benzene rings is 1. The fraction of sp³-hybridized carbons (Fsp3) is 0.588. The topological polar surface area (TPSA) is 26.3 Å². The summed E-state index contributed by atoms with van der Waals surface area (Å²) in [5.74, 6) is -0.235. The molecular weight excluding hydrogens is 236 g/mol. The molecule has 0 bridgehead atoms. The summed E-state index contributed by atoms with van der Waals surface area (Å²) in [6.07, 6.45) is 8.71. The van der Waals surface area contributed by atoms with Crippen molar-refractivity contribution in [2.24, 2.45) is 0 Å². The van der Waals surface area contributed by atoms with Gasteiger partial charge >= 0.3 is 5.97 Å². The summed E-state index contributed by atoms with van der Waals surface area (Å²) in [5.41, 5.74) is 1.75. The molecule has 0 unspecified atom stereocenters. The van der Waals surface area contributed by atoms with E-state index in [1.807, 2.05) is 19.1 Å². The number of carbonyl (C=O) groups excluding carboxylic acids is 1. The highest BCUT2D eigenvalue weighted by Gasteiger charge is 2.06. The van der Waals surface area contributed by atoms with E-state index in [9.17, 15) is 4.79 Å². The second-order valence-electron chi connectivity index (χ2n) is 4.84. The minimum atomic E-state index is -0.235. The maximum atomic E-state index is 11.6. The summed E-state index contributed by atoms with van der Waals surface area (Å²) in [7, 11) is 0. The van der Waals surface area contributed by atoms with Crippen LogP contribution in [0.1, 0.15) is 68.3 Å². The van der Waals surface area contributed by atoms with Gasteiger partial charge in [-0.1, -0.05) is 45.1 Å². The van der Waals surface area contributed by atoms with Crippen LogP contribution in [0.3, 0.4) is 0 Å². The number of hydrogen-bond acceptors (Lipinski definition) is 2. The van der Waals surface area contributed by atoms with Crippen molar-refractivity contribution in [2.45, 2.75) is 58.8 Å². The van der Waals surface area contributed by atoms with Crippen LogP contribution in [0.2, 0.25) is 0 Å². The second-order valence-corrected chi connectivity index (χ2v) is 4.84. The Hall–Kier alpha value is -1.31. The first-order valence-electron chi connectivity index (χ1n) is 7.45. The molecule has 0 spiro atoms. The van der Waals surface area contributed by atoms with Gasteiger partial charge in [0.1, 0.15) is 0 Å². The van der Waals surface area contributed by atoms with Crippen molar-refractivity contribution in [3.05, 3.63) is 35.4 Å². The van der Waals surface area contributed by atoms with Gasteiger partial charge in [0.05, 0.1) is 12.2 Å². The highest BCUT2D eigenvalue weighted by molar-refractivity contribution is 5.89. The predicted molar refractivity (Wildman–Crippen MR) is 78.3 cm³/mol. The molecule has 0 atom stereocenters. The quantitative estimate of drug-likeness (QED) is 0.481. The number of hydrogen-bond donors (Lipinski definition) is 0. The first-order chi connectivity index (χ1) is 9.27. The lowest BCUT2D eigenvalue weighted by Crippen LogP contribution is -2.05. The number of carbonyl (C=O) groups is 1. The lowest BCUT2D eigenvalue weighted by Gasteiger charge is -2.05. The van der Waals surface area contributed by atoms with Crippen molar-refractivity contribution < 1.29 is 9.53 Å². The van der Waals surface area contributed by atoms with Crippen molar-refractivity contribution in [1.82, 2.24) is 0 Å². The number of unbranched alkanes of at least 4 members (excludes halogenated alkanes) is 5. The van der Waals surface area contributed by atoms with Crippen LogP contribution < -0.4 is 0 Å². The molecule has 0 heterocycles. The summed E-state index contributed by atoms with van der Waals surface area (Å²) in [6.45, 7) is 4.48. The molecule has 0 aliphatic rings. The van der Waals surface area contributed by atoms with Gasteiger partial charge in [-0.3, -0.25) is 0 Å². The summed E-state index contributed by atoms with van der Waals surface area (Å²) in [6, 6.07) is 8.69. The molecule has 0 saturated carbocycles. The third-order valence-electron chi connectivity index (χ3n) is 3.17. The summed E-state index contributed by atoms with van der Waals surface area (Å²) in [5, 5.41) is 0. The van der Waals surface area contributed by atoms with Crippen molar-refractivity contribution in [3.63, 3.8) is 0 Å². The van der Waals surface area contributed by atoms with E-state index in [0.29, 0.717) is 12.2 Å². The van der Waals surface area contributed by atoms with Crippen LogP contribution in [0.15, 0.2) is 18.2 Å². The van der Waals surface area contributed by atoms with Gasteiger partial charge in [0, 0.05) is 0 Å². The molecule has 0 N–H and O–H groups in total. The smallest absolute Gasteiger partial charge is 0.338 e. The molecule has 0 aliphatic heterocycles. The molecule has 0 aliphatic carbocycles. The standard InChI is InChI=1S/C17H25O2/c1-3-5-6-7-8-9-11-15-12-10-13-16(14-15)17(18)19-4-2/h10,13-14H,3-9,11H2,1-2H3. The molecule has 2 nitrogen and oxygen atoms in total. The Labute approximate surface area is 117 Å². The van der Waals surface area contributed by atoms with Gasteiger partial charge in [0.2, 0.25) is 0 Å². The second kappa shape index (κ2) is 9.60. The van der Waals surface area contributed by atoms with Gasteiger partial charge in [-0.25, -0.2) is 4.79 Å². The molecule has 19 heavy (non-hydrogen) atoms. The average molecular weight is 261 g/mol. The highest BCUT2D eigenvalue weighted by atomic mass is 16.5. The van der Waals surface area contributed by atoms with Crippen molar-refractivity contribution in [3.8, 4) is 0 Å². The molecule has 0 saturated heterocycles. The minimum absolute atomic E-state index is 0.235. The van der Waals surface area contributed by atoms with E-state index in [1.54, 1.807) is 6.07 Å². The molecule has 0 fully saturated rings. The fourth-order valence-electron chi connectivity index (χ4n) is 2.10. The Morgan fingerprint density at radius 1 is 1.16 bits per heavy atom. The Kier molecular flexibility index (Phi) is 7.95. The Morgan fingerprint density at radius 3 is 2.63 bits per heavy atom. The molecule has 1 rings (SSSR count). The number of ether oxygens (including phenoxy) is 1. The monoisotopic (exact) mass is 261 g/mol. The normalized spacial score (nSPS) is 10.4. The SMILES string of the molecule is CCCCCCCCc1[c]ccc(C(=O)OCC)c1. The Balaban J connectivity index is 2.34. The third-order valence-corrected chi connectivity index (χ3v) is 3.17. The first kappa shape index (κ1) is 15.7. The van der Waals surface area contributed by atoms with Crippen LogP contribution in [0.25, 0.3) is 0 Å². The van der Waals surface area contributed by atoms with E-state index < -0.39 is 0 Å². The van der Waals surface area contributed by atoms with Gasteiger partial charge in [0.15, 0.2) is 0 Å². The maximum Gasteiger partial charge on any atom is 0.338 e. The minimum Gasteiger partial charge on any atom is -0.462 e. The summed E-state index contributed by atoms with van der Waals surface area (Å²) < 4.78 is 5.00. The van der Waals surface area contributed by atoms with Gasteiger partial charge in [-0.2, -0.15) is 0 Å². The van der Waals surface area contributed by atoms with E-state index in [-0.39, 0.29) is 5.97 Å². The molecule has 0 amide bonds. The van der Waals surface area contributed by atoms with Crippen LogP contribution in [-0.2, 0) is 11.2 Å². The third kappa shape index (κ3) is 6.42. The largest absolute Gasteiger partial charge is 0.462 e. The molecule has 1 aromatic rings. The van der Waals surface area contributed by atoms with Crippen LogP contribution in [0.5, 0.6) is 0 Å². The summed E-state index contributed by atoms with van der Waals surface area (Å²) >= 11 is 0. The Morgan fingerprint density at radius 2 is 1.89 bits per heavy atom. The van der Waals surface area contributed by atoms with E-state index in [4.69, 9.17) is 4.74 Å². The summed E-state index contributed by atoms with van der Waals surface area (Å²) in [4.78, 5) is 11.6. The zero-order valence-electron chi connectivity index (χ0n) is 12.2. The van der Waals surface area contributed by atoms with Crippen LogP contribution in [0, 0.1) is 6.07 Å². The van der Waals surface area contributed by atoms with Crippen LogP contribution in [-0.4, -0.2) is 12.6 Å². The fourth-order valence-corrected chi connectivity index (χ4v) is 2.10. The number of rotatable bonds is 9. The van der Waals surface area contributed by atoms with Crippen LogP contribution in [0.4, 0.5) is 0 Å². The molecule has 1 radical (unpaired) electrons. The van der Waals surface area contributed by atoms with E-state index in [0.717, 1.165) is 12.0 Å². The zero-order chi connectivity index (χ0) is 13.9. The average Bonchev–Trinajstić information content (AvgIpc) is 2.43. The predicted octanol–water partition coefficient (Wildman–Crippen LogP) is 4.57. The molecule has 2 heteroatoms. The van der Waals surface area contributed by atoms with Gasteiger partial charge < -0.3 is 4.74 Å². The van der Waals surface area contributed by atoms with Crippen molar-refractivity contribution in [1.29, 1.82) is 0 Å².